The Morgan fingerprint density at radius 2 is 0.889 bits per heavy atom. The van der Waals surface area contributed by atoms with Gasteiger partial charge in [-0.05, 0) is 21.1 Å². The van der Waals surface area contributed by atoms with Gasteiger partial charge in [0.15, 0.2) is 0 Å². The van der Waals surface area contributed by atoms with Crippen LogP contribution in [0.2, 0.25) is 0 Å². The molecule has 0 aliphatic carbocycles. The summed E-state index contributed by atoms with van der Waals surface area (Å²) in [5.41, 5.74) is 0. The fourth-order valence-corrected chi connectivity index (χ4v) is 0. The predicted molar refractivity (Wildman–Crippen MR) is 55.3 cm³/mol. The average Bonchev–Trinajstić information content (AvgIpc) is 1.19. The number of hydrogen-bond acceptors (Lipinski definition) is 1. The van der Waals surface area contributed by atoms with Gasteiger partial charge in [-0.2, -0.15) is 0 Å². The van der Waals surface area contributed by atoms with Crippen LogP contribution < -0.4 is 0 Å². The third-order valence-electron chi connectivity index (χ3n) is 0. The van der Waals surface area contributed by atoms with Crippen LogP contribution in [0.15, 0.2) is 0 Å². The van der Waals surface area contributed by atoms with Gasteiger partial charge in [0.1, 0.15) is 0 Å². The zero-order valence-corrected chi connectivity index (χ0v) is 14.3. The van der Waals surface area contributed by atoms with Gasteiger partial charge >= 0.3 is 59.7 Å². The van der Waals surface area contributed by atoms with Crippen molar-refractivity contribution in [1.82, 2.24) is 4.90 Å². The van der Waals surface area contributed by atoms with Crippen molar-refractivity contribution in [1.29, 1.82) is 0 Å². The summed E-state index contributed by atoms with van der Waals surface area (Å²) < 4.78 is 0. The summed E-state index contributed by atoms with van der Waals surface area (Å²) in [6.45, 7) is 0. The van der Waals surface area contributed by atoms with Crippen LogP contribution in [-0.2, 0) is 10.9 Å². The Kier molecular flexibility index (Phi) is 11.8. The SMILES string of the molecule is CN(C)C.[Br][Zr]([Br])([Br])[Br]. The second-order valence-electron chi connectivity index (χ2n) is 1.77. The van der Waals surface area contributed by atoms with E-state index in [0.717, 1.165) is 0 Å². The van der Waals surface area contributed by atoms with Gasteiger partial charge in [0.25, 0.3) is 0 Å². The third kappa shape index (κ3) is 108. The first kappa shape index (κ1) is 14.3. The molecule has 0 spiro atoms. The maximum atomic E-state index is 3.34. The quantitative estimate of drug-likeness (QED) is 0.524. The van der Waals surface area contributed by atoms with E-state index in [4.69, 9.17) is 0 Å². The Morgan fingerprint density at radius 3 is 0.889 bits per heavy atom. The monoisotopic (exact) mass is 465 g/mol. The molecule has 0 N–H and O–H groups in total. The van der Waals surface area contributed by atoms with Crippen molar-refractivity contribution in [2.24, 2.45) is 0 Å². The molecular formula is C3H9Br4NZr. The van der Waals surface area contributed by atoms with Crippen molar-refractivity contribution in [3.8, 4) is 0 Å². The minimum absolute atomic E-state index is 1.93. The molecule has 0 aromatic carbocycles. The standard InChI is InChI=1S/C3H9N.4BrH.Zr/c1-4(2)3;;;;;/h1-3H3;4*1H;/q;;;;;+4/p-4. The molecule has 0 amide bonds. The van der Waals surface area contributed by atoms with E-state index < -0.39 is 10.9 Å². The molecule has 0 aromatic heterocycles. The minimum atomic E-state index is -1.93. The van der Waals surface area contributed by atoms with Crippen molar-refractivity contribution >= 4 is 48.9 Å². The van der Waals surface area contributed by atoms with E-state index in [1.165, 1.54) is 0 Å². The molecule has 0 fully saturated rings. The predicted octanol–water partition coefficient (Wildman–Crippen LogP) is 3.56. The van der Waals surface area contributed by atoms with Crippen molar-refractivity contribution in [3.63, 3.8) is 0 Å². The Balaban J connectivity index is 0. The molecule has 0 unspecified atom stereocenters. The number of hydrogen-bond donors (Lipinski definition) is 0. The van der Waals surface area contributed by atoms with E-state index in [0.29, 0.717) is 0 Å². The third-order valence-corrected chi connectivity index (χ3v) is 0. The maximum absolute atomic E-state index is 3.34. The van der Waals surface area contributed by atoms with Gasteiger partial charge in [0.2, 0.25) is 0 Å². The second-order valence-corrected chi connectivity index (χ2v) is 69.8. The van der Waals surface area contributed by atoms with Crippen molar-refractivity contribution < 1.29 is 10.9 Å². The van der Waals surface area contributed by atoms with Crippen LogP contribution in [0.5, 0.6) is 0 Å². The molecule has 9 heavy (non-hydrogen) atoms. The molecule has 0 atom stereocenters. The molecule has 0 bridgehead atoms. The topological polar surface area (TPSA) is 3.24 Å². The van der Waals surface area contributed by atoms with Crippen LogP contribution in [0.25, 0.3) is 0 Å². The summed E-state index contributed by atoms with van der Waals surface area (Å²) in [4.78, 5) is 2.00. The van der Waals surface area contributed by atoms with E-state index in [1.54, 1.807) is 0 Å². The molecule has 1 nitrogen and oxygen atoms in total. The number of halogens is 4. The summed E-state index contributed by atoms with van der Waals surface area (Å²) in [7, 11) is 4.07. The molecule has 0 aliphatic rings. The molecule has 0 heterocycles. The van der Waals surface area contributed by atoms with Gasteiger partial charge in [-0.25, -0.2) is 0 Å². The summed E-state index contributed by atoms with van der Waals surface area (Å²) in [5.74, 6) is 0. The zero-order chi connectivity index (χ0) is 8.08. The van der Waals surface area contributed by atoms with Crippen molar-refractivity contribution in [2.45, 2.75) is 0 Å². The van der Waals surface area contributed by atoms with Crippen LogP contribution in [0.1, 0.15) is 0 Å². The van der Waals surface area contributed by atoms with Crippen LogP contribution >= 0.6 is 48.9 Å². The first-order valence-corrected chi connectivity index (χ1v) is 24.6. The van der Waals surface area contributed by atoms with E-state index in [9.17, 15) is 0 Å². The first-order valence-electron chi connectivity index (χ1n) is 2.10. The van der Waals surface area contributed by atoms with E-state index >= 15 is 0 Å². The van der Waals surface area contributed by atoms with E-state index in [2.05, 4.69) is 48.9 Å². The van der Waals surface area contributed by atoms with Crippen molar-refractivity contribution in [3.05, 3.63) is 0 Å². The summed E-state index contributed by atoms with van der Waals surface area (Å²) in [6.07, 6.45) is 0. The van der Waals surface area contributed by atoms with Crippen LogP contribution in [0, 0.1) is 0 Å². The van der Waals surface area contributed by atoms with Crippen LogP contribution in [0.3, 0.4) is 0 Å². The Hall–Kier alpha value is 2.76. The Morgan fingerprint density at radius 1 is 0.889 bits per heavy atom. The summed E-state index contributed by atoms with van der Waals surface area (Å²) in [5, 5.41) is 0. The van der Waals surface area contributed by atoms with Gasteiger partial charge in [0.05, 0.1) is 0 Å². The second kappa shape index (κ2) is 7.41. The molecule has 0 radical (unpaired) electrons. The van der Waals surface area contributed by atoms with Gasteiger partial charge in [-0.3, -0.25) is 0 Å². The Bertz CT molecular complexity index is 52.6. The van der Waals surface area contributed by atoms with Crippen LogP contribution in [-0.4, -0.2) is 26.0 Å². The van der Waals surface area contributed by atoms with Crippen molar-refractivity contribution in [2.75, 3.05) is 21.1 Å². The van der Waals surface area contributed by atoms with E-state index in [-0.39, 0.29) is 0 Å². The van der Waals surface area contributed by atoms with Gasteiger partial charge in [-0.1, -0.05) is 0 Å². The van der Waals surface area contributed by atoms with Gasteiger partial charge in [0, 0.05) is 0 Å². The molecule has 0 saturated carbocycles. The molecule has 0 aliphatic heterocycles. The van der Waals surface area contributed by atoms with Crippen LogP contribution in [0.4, 0.5) is 0 Å². The fraction of sp³-hybridized carbons (Fsp3) is 1.00. The average molecular weight is 470 g/mol. The Labute approximate surface area is 84.1 Å². The van der Waals surface area contributed by atoms with E-state index in [1.807, 2.05) is 26.0 Å². The number of rotatable bonds is 0. The molecule has 0 saturated heterocycles. The first-order chi connectivity index (χ1) is 3.73. The summed E-state index contributed by atoms with van der Waals surface area (Å²) in [6, 6.07) is 0. The zero-order valence-electron chi connectivity index (χ0n) is 5.46. The fourth-order valence-electron chi connectivity index (χ4n) is 0. The molecular weight excluding hydrogens is 461 g/mol. The summed E-state index contributed by atoms with van der Waals surface area (Å²) >= 11 is 13.3. The molecule has 0 aromatic rings. The molecule has 0 rings (SSSR count). The molecule has 58 valence electrons. The normalized spacial score (nSPS) is 10.7. The van der Waals surface area contributed by atoms with Gasteiger partial charge in [-0.15, -0.1) is 0 Å². The van der Waals surface area contributed by atoms with Gasteiger partial charge < -0.3 is 4.90 Å². The number of nitrogens with zero attached hydrogens (tertiary/aromatic N) is 1. The molecule has 6 heteroatoms.